The number of esters is 1. The number of nitrogens with zero attached hydrogens (tertiary/aromatic N) is 2. The van der Waals surface area contributed by atoms with E-state index in [0.717, 1.165) is 9.98 Å². The molecule has 3 rings (SSSR count). The maximum absolute atomic E-state index is 12.7. The minimum absolute atomic E-state index is 0.157. The number of ether oxygens (including phenoxy) is 2. The topological polar surface area (TPSA) is 88.2 Å². The zero-order chi connectivity index (χ0) is 24.7. The monoisotopic (exact) mass is 507 g/mol. The van der Waals surface area contributed by atoms with Crippen LogP contribution in [0.4, 0.5) is 10.5 Å². The SMILES string of the molecule is CCOC(=O)C1CCN(C(=O)Nc2ccc(C(=O)N(Cl)Cc3ccc(OC)c(Cl)c3)cc2)CC1. The van der Waals surface area contributed by atoms with E-state index >= 15 is 0 Å². The van der Waals surface area contributed by atoms with Crippen LogP contribution in [0.2, 0.25) is 5.02 Å². The maximum Gasteiger partial charge on any atom is 0.321 e. The lowest BCUT2D eigenvalue weighted by atomic mass is 9.97. The summed E-state index contributed by atoms with van der Waals surface area (Å²) in [4.78, 5) is 38.7. The highest BCUT2D eigenvalue weighted by Crippen LogP contribution is 2.26. The zero-order valence-corrected chi connectivity index (χ0v) is 20.6. The number of benzene rings is 2. The second-order valence-electron chi connectivity index (χ2n) is 7.82. The molecule has 0 aliphatic carbocycles. The van der Waals surface area contributed by atoms with Crippen LogP contribution in [-0.2, 0) is 16.1 Å². The number of nitrogens with one attached hydrogen (secondary N) is 1. The van der Waals surface area contributed by atoms with Crippen LogP contribution < -0.4 is 10.1 Å². The van der Waals surface area contributed by atoms with E-state index in [4.69, 9.17) is 32.9 Å². The molecule has 2 aromatic rings. The third-order valence-corrected chi connectivity index (χ3v) is 6.11. The molecule has 1 aliphatic rings. The van der Waals surface area contributed by atoms with E-state index in [1.165, 1.54) is 7.11 Å². The lowest BCUT2D eigenvalue weighted by Crippen LogP contribution is -2.42. The Hall–Kier alpha value is -2.97. The quantitative estimate of drug-likeness (QED) is 0.422. The van der Waals surface area contributed by atoms with Crippen molar-refractivity contribution in [2.45, 2.75) is 26.3 Å². The van der Waals surface area contributed by atoms with Crippen molar-refractivity contribution in [3.8, 4) is 5.75 Å². The van der Waals surface area contributed by atoms with Gasteiger partial charge in [-0.25, -0.2) is 9.21 Å². The van der Waals surface area contributed by atoms with E-state index in [2.05, 4.69) is 5.32 Å². The van der Waals surface area contributed by atoms with Crippen LogP contribution in [0, 0.1) is 5.92 Å². The minimum Gasteiger partial charge on any atom is -0.495 e. The highest BCUT2D eigenvalue weighted by molar-refractivity contribution is 6.32. The number of piperidine rings is 1. The van der Waals surface area contributed by atoms with Crippen molar-refractivity contribution in [2.24, 2.45) is 5.92 Å². The zero-order valence-electron chi connectivity index (χ0n) is 19.1. The summed E-state index contributed by atoms with van der Waals surface area (Å²) in [7, 11) is 1.53. The summed E-state index contributed by atoms with van der Waals surface area (Å²) in [5.74, 6) is -0.209. The standard InChI is InChI=1S/C24H27Cl2N3O5/c1-3-34-23(31)18-10-12-28(13-11-18)24(32)27-19-7-5-17(6-8-19)22(30)29(26)15-16-4-9-21(33-2)20(25)14-16/h4-9,14,18H,3,10-13,15H2,1-2H3,(H,27,32). The van der Waals surface area contributed by atoms with E-state index in [0.29, 0.717) is 54.6 Å². The second kappa shape index (κ2) is 11.9. The number of carbonyl (C=O) groups is 3. The molecular weight excluding hydrogens is 481 g/mol. The third-order valence-electron chi connectivity index (χ3n) is 5.54. The highest BCUT2D eigenvalue weighted by Gasteiger charge is 2.28. The van der Waals surface area contributed by atoms with Crippen LogP contribution in [0.5, 0.6) is 5.75 Å². The van der Waals surface area contributed by atoms with Gasteiger partial charge in [-0.3, -0.25) is 9.59 Å². The van der Waals surface area contributed by atoms with Crippen LogP contribution in [0.25, 0.3) is 0 Å². The lowest BCUT2D eigenvalue weighted by Gasteiger charge is -2.30. The fraction of sp³-hybridized carbons (Fsp3) is 0.375. The Morgan fingerprint density at radius 3 is 2.38 bits per heavy atom. The van der Waals surface area contributed by atoms with Gasteiger partial charge in [-0.05, 0) is 61.7 Å². The normalized spacial score (nSPS) is 13.8. The molecule has 0 spiro atoms. The number of likely N-dealkylation sites (tertiary alicyclic amines) is 1. The van der Waals surface area contributed by atoms with Crippen molar-refractivity contribution in [3.63, 3.8) is 0 Å². The van der Waals surface area contributed by atoms with Crippen molar-refractivity contribution in [3.05, 3.63) is 58.6 Å². The smallest absolute Gasteiger partial charge is 0.321 e. The van der Waals surface area contributed by atoms with Crippen LogP contribution in [0.3, 0.4) is 0 Å². The lowest BCUT2D eigenvalue weighted by molar-refractivity contribution is -0.149. The number of carbonyl (C=O) groups excluding carboxylic acids is 3. The van der Waals surface area contributed by atoms with Crippen LogP contribution >= 0.6 is 23.4 Å². The van der Waals surface area contributed by atoms with Crippen molar-refractivity contribution in [1.29, 1.82) is 0 Å². The summed E-state index contributed by atoms with van der Waals surface area (Å²) in [6.07, 6.45) is 1.15. The number of urea groups is 1. The Bertz CT molecular complexity index is 1020. The molecule has 8 nitrogen and oxygen atoms in total. The molecule has 1 aliphatic heterocycles. The van der Waals surface area contributed by atoms with Gasteiger partial charge in [0.05, 0.1) is 31.2 Å². The Labute approximate surface area is 208 Å². The molecule has 1 saturated heterocycles. The number of anilines is 1. The van der Waals surface area contributed by atoms with Gasteiger partial charge in [-0.1, -0.05) is 17.7 Å². The first kappa shape index (κ1) is 25.6. The molecule has 182 valence electrons. The molecule has 10 heteroatoms. The molecule has 0 bridgehead atoms. The number of rotatable bonds is 7. The Balaban J connectivity index is 1.52. The molecule has 34 heavy (non-hydrogen) atoms. The van der Waals surface area contributed by atoms with Gasteiger partial charge in [0.25, 0.3) is 5.91 Å². The molecule has 2 aromatic carbocycles. The molecule has 1 heterocycles. The van der Waals surface area contributed by atoms with Gasteiger partial charge >= 0.3 is 12.0 Å². The average molecular weight is 508 g/mol. The van der Waals surface area contributed by atoms with Crippen molar-refractivity contribution < 1.29 is 23.9 Å². The minimum atomic E-state index is -0.382. The van der Waals surface area contributed by atoms with Crippen molar-refractivity contribution >= 4 is 47.0 Å². The summed E-state index contributed by atoms with van der Waals surface area (Å²) in [5.41, 5.74) is 1.68. The first-order chi connectivity index (χ1) is 16.3. The Kier molecular flexibility index (Phi) is 9.01. The fourth-order valence-electron chi connectivity index (χ4n) is 3.66. The third kappa shape index (κ3) is 6.55. The van der Waals surface area contributed by atoms with Gasteiger partial charge < -0.3 is 19.7 Å². The number of hydrogen-bond donors (Lipinski definition) is 1. The summed E-state index contributed by atoms with van der Waals surface area (Å²) in [6, 6.07) is 11.4. The van der Waals surface area contributed by atoms with Crippen LogP contribution in [-0.4, -0.2) is 54.0 Å². The van der Waals surface area contributed by atoms with Crippen LogP contribution in [0.15, 0.2) is 42.5 Å². The number of amides is 3. The van der Waals surface area contributed by atoms with Gasteiger partial charge in [0, 0.05) is 36.1 Å². The van der Waals surface area contributed by atoms with E-state index in [1.54, 1.807) is 54.3 Å². The van der Waals surface area contributed by atoms with Gasteiger partial charge in [-0.2, -0.15) is 0 Å². The molecule has 1 fully saturated rings. The number of methoxy groups -OCH3 is 1. The predicted octanol–water partition coefficient (Wildman–Crippen LogP) is 4.95. The molecule has 0 unspecified atom stereocenters. The molecule has 0 aromatic heterocycles. The van der Waals surface area contributed by atoms with E-state index in [-0.39, 0.29) is 30.4 Å². The van der Waals surface area contributed by atoms with E-state index in [9.17, 15) is 14.4 Å². The van der Waals surface area contributed by atoms with E-state index in [1.807, 2.05) is 0 Å². The van der Waals surface area contributed by atoms with Crippen molar-refractivity contribution in [2.75, 3.05) is 32.1 Å². The second-order valence-corrected chi connectivity index (χ2v) is 8.63. The van der Waals surface area contributed by atoms with E-state index < -0.39 is 0 Å². The van der Waals surface area contributed by atoms with Gasteiger partial charge in [0.15, 0.2) is 0 Å². The van der Waals surface area contributed by atoms with Crippen LogP contribution in [0.1, 0.15) is 35.7 Å². The summed E-state index contributed by atoms with van der Waals surface area (Å²) in [6.45, 7) is 3.24. The largest absolute Gasteiger partial charge is 0.495 e. The summed E-state index contributed by atoms with van der Waals surface area (Å²) >= 11 is 12.3. The number of halogens is 2. The first-order valence-electron chi connectivity index (χ1n) is 10.9. The molecule has 0 radical (unpaired) electrons. The summed E-state index contributed by atoms with van der Waals surface area (Å²) < 4.78 is 11.3. The first-order valence-corrected chi connectivity index (χ1v) is 11.7. The summed E-state index contributed by atoms with van der Waals surface area (Å²) in [5, 5.41) is 3.25. The Morgan fingerprint density at radius 1 is 1.12 bits per heavy atom. The molecular formula is C24H27Cl2N3O5. The fourth-order valence-corrected chi connectivity index (χ4v) is 4.17. The predicted molar refractivity (Wildman–Crippen MR) is 130 cm³/mol. The number of hydrogen-bond acceptors (Lipinski definition) is 5. The maximum atomic E-state index is 12.7. The van der Waals surface area contributed by atoms with Gasteiger partial charge in [0.2, 0.25) is 0 Å². The molecule has 0 saturated carbocycles. The average Bonchev–Trinajstić information content (AvgIpc) is 2.84. The highest BCUT2D eigenvalue weighted by atomic mass is 35.5. The van der Waals surface area contributed by atoms with Gasteiger partial charge in [0.1, 0.15) is 5.75 Å². The molecule has 0 atom stereocenters. The molecule has 1 N–H and O–H groups in total. The molecule has 3 amide bonds. The van der Waals surface area contributed by atoms with Gasteiger partial charge in [-0.15, -0.1) is 0 Å². The Morgan fingerprint density at radius 2 is 1.79 bits per heavy atom. The van der Waals surface area contributed by atoms with Crippen molar-refractivity contribution in [1.82, 2.24) is 9.32 Å².